The van der Waals surface area contributed by atoms with Gasteiger partial charge in [-0.2, -0.15) is 0 Å². The molecule has 0 radical (unpaired) electrons. The largest absolute Gasteiger partial charge is 0.493 e. The molecule has 0 atom stereocenters. The number of nitrogen functional groups attached to an aromatic ring is 1. The highest BCUT2D eigenvalue weighted by Gasteiger charge is 2.12. The van der Waals surface area contributed by atoms with Crippen molar-refractivity contribution in [3.05, 3.63) is 44.8 Å². The molecule has 2 rings (SSSR count). The molecule has 0 amide bonds. The van der Waals surface area contributed by atoms with Gasteiger partial charge in [-0.3, -0.25) is 9.78 Å². The van der Waals surface area contributed by atoms with Gasteiger partial charge in [0.15, 0.2) is 17.4 Å². The lowest BCUT2D eigenvalue weighted by molar-refractivity contribution is 0.355. The summed E-state index contributed by atoms with van der Waals surface area (Å²) < 4.78 is 10.4. The van der Waals surface area contributed by atoms with Gasteiger partial charge in [0.2, 0.25) is 0 Å². The van der Waals surface area contributed by atoms with Crippen LogP contribution in [0, 0.1) is 0 Å². The summed E-state index contributed by atoms with van der Waals surface area (Å²) in [5, 5.41) is 0.418. The van der Waals surface area contributed by atoms with Crippen molar-refractivity contribution < 1.29 is 9.47 Å². The molecule has 3 N–H and O–H groups in total. The minimum Gasteiger partial charge on any atom is -0.493 e. The van der Waals surface area contributed by atoms with E-state index in [4.69, 9.17) is 26.8 Å². The zero-order valence-corrected chi connectivity index (χ0v) is 11.8. The van der Waals surface area contributed by atoms with Crippen molar-refractivity contribution in [3.8, 4) is 11.5 Å². The third kappa shape index (κ3) is 2.85. The summed E-state index contributed by atoms with van der Waals surface area (Å²) in [6.45, 7) is 0. The minimum absolute atomic E-state index is 0.0871. The van der Waals surface area contributed by atoms with E-state index >= 15 is 0 Å². The molecule has 20 heavy (non-hydrogen) atoms. The standard InChI is InChI=1S/C13H14ClN3O3/c1-19-10-5-7(4-9(14)11(10)20-2)3-8-6-16-13(15)17-12(8)18/h4-6H,3H2,1-2H3,(H3,15,16,17,18). The molecule has 0 spiro atoms. The van der Waals surface area contributed by atoms with Crippen LogP contribution in [-0.4, -0.2) is 24.2 Å². The molecule has 2 aromatic rings. The highest BCUT2D eigenvalue weighted by atomic mass is 35.5. The summed E-state index contributed by atoms with van der Waals surface area (Å²) in [6, 6.07) is 3.49. The number of aromatic amines is 1. The molecule has 106 valence electrons. The number of methoxy groups -OCH3 is 2. The number of hydrogen-bond donors (Lipinski definition) is 2. The Morgan fingerprint density at radius 1 is 1.35 bits per heavy atom. The van der Waals surface area contributed by atoms with Crippen molar-refractivity contribution in [3.63, 3.8) is 0 Å². The molecule has 0 aliphatic heterocycles. The highest BCUT2D eigenvalue weighted by Crippen LogP contribution is 2.36. The van der Waals surface area contributed by atoms with E-state index in [9.17, 15) is 4.79 Å². The number of halogens is 1. The van der Waals surface area contributed by atoms with Gasteiger partial charge in [0.1, 0.15) is 0 Å². The maximum atomic E-state index is 11.7. The molecule has 1 aromatic carbocycles. The van der Waals surface area contributed by atoms with E-state index in [-0.39, 0.29) is 11.5 Å². The molecule has 1 aromatic heterocycles. The summed E-state index contributed by atoms with van der Waals surface area (Å²) in [6.07, 6.45) is 1.81. The molecule has 0 aliphatic carbocycles. The Kier molecular flexibility index (Phi) is 4.14. The number of nitrogens with zero attached hydrogens (tertiary/aromatic N) is 1. The van der Waals surface area contributed by atoms with Gasteiger partial charge in [0.05, 0.1) is 19.2 Å². The molecule has 0 aliphatic rings. The topological polar surface area (TPSA) is 90.2 Å². The third-order valence-electron chi connectivity index (χ3n) is 2.78. The van der Waals surface area contributed by atoms with Gasteiger partial charge in [0, 0.05) is 18.2 Å². The van der Waals surface area contributed by atoms with Crippen molar-refractivity contribution in [1.29, 1.82) is 0 Å². The Morgan fingerprint density at radius 2 is 2.10 bits per heavy atom. The summed E-state index contributed by atoms with van der Waals surface area (Å²) in [5.74, 6) is 1.06. The van der Waals surface area contributed by atoms with Crippen molar-refractivity contribution in [2.24, 2.45) is 0 Å². The van der Waals surface area contributed by atoms with E-state index in [0.717, 1.165) is 5.56 Å². The van der Waals surface area contributed by atoms with E-state index < -0.39 is 0 Å². The van der Waals surface area contributed by atoms with E-state index in [1.54, 1.807) is 12.1 Å². The van der Waals surface area contributed by atoms with Crippen LogP contribution in [0.3, 0.4) is 0 Å². The lowest BCUT2D eigenvalue weighted by atomic mass is 10.1. The molecule has 0 saturated heterocycles. The Bertz CT molecular complexity index is 685. The molecule has 0 saturated carbocycles. The van der Waals surface area contributed by atoms with Crippen molar-refractivity contribution >= 4 is 17.5 Å². The van der Waals surface area contributed by atoms with Gasteiger partial charge in [-0.25, -0.2) is 4.98 Å². The number of aromatic nitrogens is 2. The predicted octanol–water partition coefficient (Wildman–Crippen LogP) is 1.61. The zero-order chi connectivity index (χ0) is 14.7. The van der Waals surface area contributed by atoms with Crippen LogP contribution in [0.1, 0.15) is 11.1 Å². The molecule has 7 heteroatoms. The molecule has 0 bridgehead atoms. The quantitative estimate of drug-likeness (QED) is 0.894. The summed E-state index contributed by atoms with van der Waals surface area (Å²) in [7, 11) is 3.04. The molecular weight excluding hydrogens is 282 g/mol. The van der Waals surface area contributed by atoms with Gasteiger partial charge in [-0.15, -0.1) is 0 Å². The van der Waals surface area contributed by atoms with Gasteiger partial charge < -0.3 is 15.2 Å². The Morgan fingerprint density at radius 3 is 2.70 bits per heavy atom. The van der Waals surface area contributed by atoms with Crippen LogP contribution >= 0.6 is 11.6 Å². The Labute approximate surface area is 120 Å². The molecule has 6 nitrogen and oxygen atoms in total. The van der Waals surface area contributed by atoms with Gasteiger partial charge in [-0.05, 0) is 17.7 Å². The number of benzene rings is 1. The first kappa shape index (κ1) is 14.2. The smallest absolute Gasteiger partial charge is 0.255 e. The number of H-pyrrole nitrogens is 1. The highest BCUT2D eigenvalue weighted by molar-refractivity contribution is 6.32. The fraction of sp³-hybridized carbons (Fsp3) is 0.231. The lowest BCUT2D eigenvalue weighted by Crippen LogP contribution is -2.16. The fourth-order valence-electron chi connectivity index (χ4n) is 1.85. The van der Waals surface area contributed by atoms with Crippen LogP contribution in [-0.2, 0) is 6.42 Å². The van der Waals surface area contributed by atoms with Crippen LogP contribution in [0.15, 0.2) is 23.1 Å². The molecule has 0 unspecified atom stereocenters. The minimum atomic E-state index is -0.275. The number of rotatable bonds is 4. The third-order valence-corrected chi connectivity index (χ3v) is 3.06. The van der Waals surface area contributed by atoms with E-state index in [0.29, 0.717) is 28.5 Å². The lowest BCUT2D eigenvalue weighted by Gasteiger charge is -2.11. The van der Waals surface area contributed by atoms with Crippen LogP contribution in [0.25, 0.3) is 0 Å². The average Bonchev–Trinajstić information content (AvgIpc) is 2.41. The van der Waals surface area contributed by atoms with Crippen LogP contribution in [0.5, 0.6) is 11.5 Å². The van der Waals surface area contributed by atoms with Crippen LogP contribution in [0.2, 0.25) is 5.02 Å². The van der Waals surface area contributed by atoms with Gasteiger partial charge in [-0.1, -0.05) is 11.6 Å². The maximum absolute atomic E-state index is 11.7. The number of anilines is 1. The zero-order valence-electron chi connectivity index (χ0n) is 11.1. The van der Waals surface area contributed by atoms with E-state index in [1.165, 1.54) is 20.4 Å². The van der Waals surface area contributed by atoms with Crippen molar-refractivity contribution in [2.75, 3.05) is 20.0 Å². The van der Waals surface area contributed by atoms with Gasteiger partial charge >= 0.3 is 0 Å². The second-order valence-electron chi connectivity index (χ2n) is 4.11. The normalized spacial score (nSPS) is 10.3. The second-order valence-corrected chi connectivity index (χ2v) is 4.52. The first-order valence-electron chi connectivity index (χ1n) is 5.79. The summed E-state index contributed by atoms with van der Waals surface area (Å²) in [4.78, 5) is 18.1. The van der Waals surface area contributed by atoms with Crippen LogP contribution in [0.4, 0.5) is 5.95 Å². The average molecular weight is 296 g/mol. The monoisotopic (exact) mass is 295 g/mol. The van der Waals surface area contributed by atoms with Crippen molar-refractivity contribution in [2.45, 2.75) is 6.42 Å². The summed E-state index contributed by atoms with van der Waals surface area (Å²) >= 11 is 6.12. The first-order chi connectivity index (χ1) is 9.55. The number of hydrogen-bond acceptors (Lipinski definition) is 5. The second kappa shape index (κ2) is 5.83. The van der Waals surface area contributed by atoms with E-state index in [2.05, 4.69) is 9.97 Å². The SMILES string of the molecule is COc1cc(Cc2cnc(N)[nH]c2=O)cc(Cl)c1OC. The van der Waals surface area contributed by atoms with Gasteiger partial charge in [0.25, 0.3) is 5.56 Å². The summed E-state index contributed by atoms with van der Waals surface area (Å²) in [5.41, 5.74) is 6.43. The maximum Gasteiger partial charge on any atom is 0.255 e. The molecule has 1 heterocycles. The number of ether oxygens (including phenoxy) is 2. The number of nitrogens with one attached hydrogen (secondary N) is 1. The number of nitrogens with two attached hydrogens (primary N) is 1. The van der Waals surface area contributed by atoms with E-state index in [1.807, 2.05) is 0 Å². The Balaban J connectivity index is 2.39. The molecule has 0 fully saturated rings. The van der Waals surface area contributed by atoms with Crippen LogP contribution < -0.4 is 20.8 Å². The first-order valence-corrected chi connectivity index (χ1v) is 6.17. The molecular formula is C13H14ClN3O3. The Hall–Kier alpha value is -2.21. The van der Waals surface area contributed by atoms with Crippen molar-refractivity contribution in [1.82, 2.24) is 9.97 Å². The fourth-order valence-corrected chi connectivity index (χ4v) is 2.16. The predicted molar refractivity (Wildman–Crippen MR) is 76.6 cm³/mol.